The second-order valence-electron chi connectivity index (χ2n) is 4.12. The number of halogens is 1. The van der Waals surface area contributed by atoms with E-state index in [4.69, 9.17) is 27.0 Å². The highest BCUT2D eigenvalue weighted by molar-refractivity contribution is 6.31. The third-order valence-corrected chi connectivity index (χ3v) is 2.67. The van der Waals surface area contributed by atoms with Crippen LogP contribution in [0.5, 0.6) is 11.5 Å². The van der Waals surface area contributed by atoms with E-state index in [1.165, 1.54) is 0 Å². The Hall–Kier alpha value is -0.970. The third-order valence-electron chi connectivity index (χ3n) is 2.31. The maximum atomic E-state index is 6.10. The lowest BCUT2D eigenvalue weighted by atomic mass is 10.1. The summed E-state index contributed by atoms with van der Waals surface area (Å²) in [5.74, 6) is 5.74. The lowest BCUT2D eigenvalue weighted by Crippen LogP contribution is -2.29. The Kier molecular flexibility index (Phi) is 2.97. The molecule has 1 aromatic rings. The van der Waals surface area contributed by atoms with E-state index in [1.54, 1.807) is 6.07 Å². The summed E-state index contributed by atoms with van der Waals surface area (Å²) < 4.78 is 11.2. The normalized spacial score (nSPS) is 16.5. The fourth-order valence-electron chi connectivity index (χ4n) is 1.65. The van der Waals surface area contributed by atoms with Crippen LogP contribution in [0.2, 0.25) is 5.02 Å². The smallest absolute Gasteiger partial charge is 0.246 e. The van der Waals surface area contributed by atoms with Crippen LogP contribution in [-0.4, -0.2) is 12.4 Å². The minimum absolute atomic E-state index is 0.419. The predicted molar refractivity (Wildman–Crippen MR) is 60.6 cm³/mol. The average Bonchev–Trinajstić information content (AvgIpc) is 2.47. The topological polar surface area (TPSA) is 53.7 Å². The molecule has 2 N–H and O–H groups in total. The number of benzene rings is 1. The number of nitrogens with two attached hydrogens (primary N) is 1. The molecule has 0 spiro atoms. The first-order valence-electron chi connectivity index (χ1n) is 5.04. The molecule has 5 heteroatoms. The molecular formula is C11H14ClNO3. The van der Waals surface area contributed by atoms with Crippen molar-refractivity contribution in [3.05, 3.63) is 22.7 Å². The molecule has 0 unspecified atom stereocenters. The van der Waals surface area contributed by atoms with Crippen molar-refractivity contribution in [1.29, 1.82) is 0 Å². The van der Waals surface area contributed by atoms with Crippen LogP contribution in [0.1, 0.15) is 19.4 Å². The standard InChI is InChI=1S/C11H14ClNO3/c1-11(2)15-9-5-7(3-4-14-13)8(12)6-10(9)16-11/h5-6H,3-4,13H2,1-2H3. The Morgan fingerprint density at radius 3 is 2.56 bits per heavy atom. The molecule has 16 heavy (non-hydrogen) atoms. The van der Waals surface area contributed by atoms with Crippen LogP contribution in [0, 0.1) is 0 Å². The monoisotopic (exact) mass is 243 g/mol. The van der Waals surface area contributed by atoms with Gasteiger partial charge in [-0.15, -0.1) is 0 Å². The summed E-state index contributed by atoms with van der Waals surface area (Å²) in [6.07, 6.45) is 0.645. The molecule has 88 valence electrons. The molecule has 0 fully saturated rings. The van der Waals surface area contributed by atoms with E-state index in [0.717, 1.165) is 5.56 Å². The van der Waals surface area contributed by atoms with Crippen LogP contribution >= 0.6 is 11.6 Å². The zero-order valence-corrected chi connectivity index (χ0v) is 10.0. The van der Waals surface area contributed by atoms with E-state index < -0.39 is 5.79 Å². The first-order chi connectivity index (χ1) is 7.52. The van der Waals surface area contributed by atoms with Crippen LogP contribution < -0.4 is 15.4 Å². The molecule has 1 heterocycles. The fourth-order valence-corrected chi connectivity index (χ4v) is 1.90. The minimum atomic E-state index is -0.630. The third kappa shape index (κ3) is 2.24. The van der Waals surface area contributed by atoms with Gasteiger partial charge in [0, 0.05) is 24.9 Å². The van der Waals surface area contributed by atoms with Gasteiger partial charge in [0.25, 0.3) is 0 Å². The highest BCUT2D eigenvalue weighted by Gasteiger charge is 2.32. The van der Waals surface area contributed by atoms with Gasteiger partial charge in [-0.3, -0.25) is 0 Å². The zero-order valence-electron chi connectivity index (χ0n) is 9.25. The summed E-state index contributed by atoms with van der Waals surface area (Å²) in [5.41, 5.74) is 0.937. The van der Waals surface area contributed by atoms with Crippen molar-refractivity contribution >= 4 is 11.6 Å². The summed E-state index contributed by atoms with van der Waals surface area (Å²) in [6, 6.07) is 3.63. The Labute approximate surface area is 99.2 Å². The number of fused-ring (bicyclic) bond motifs is 1. The molecule has 0 saturated heterocycles. The molecule has 1 aliphatic heterocycles. The minimum Gasteiger partial charge on any atom is -0.449 e. The van der Waals surface area contributed by atoms with E-state index in [1.807, 2.05) is 19.9 Å². The molecule has 0 bridgehead atoms. The molecule has 2 rings (SSSR count). The molecule has 0 aliphatic carbocycles. The van der Waals surface area contributed by atoms with Crippen LogP contribution in [0.15, 0.2) is 12.1 Å². The summed E-state index contributed by atoms with van der Waals surface area (Å²) in [7, 11) is 0. The number of hydrogen-bond donors (Lipinski definition) is 1. The van der Waals surface area contributed by atoms with Crippen LogP contribution in [0.4, 0.5) is 0 Å². The second kappa shape index (κ2) is 4.13. The molecule has 0 atom stereocenters. The summed E-state index contributed by atoms with van der Waals surface area (Å²) in [5, 5.41) is 0.636. The van der Waals surface area contributed by atoms with E-state index in [9.17, 15) is 0 Å². The molecule has 0 amide bonds. The van der Waals surface area contributed by atoms with Gasteiger partial charge in [0.05, 0.1) is 6.61 Å². The van der Waals surface area contributed by atoms with Gasteiger partial charge in [-0.1, -0.05) is 11.6 Å². The first-order valence-corrected chi connectivity index (χ1v) is 5.42. The molecule has 1 aliphatic rings. The zero-order chi connectivity index (χ0) is 11.8. The van der Waals surface area contributed by atoms with Gasteiger partial charge in [-0.05, 0) is 18.1 Å². The molecule has 4 nitrogen and oxygen atoms in total. The quantitative estimate of drug-likeness (QED) is 0.828. The van der Waals surface area contributed by atoms with Gasteiger partial charge >= 0.3 is 0 Å². The van der Waals surface area contributed by atoms with E-state index in [2.05, 4.69) is 4.84 Å². The lowest BCUT2D eigenvalue weighted by molar-refractivity contribution is -0.0431. The van der Waals surface area contributed by atoms with E-state index >= 15 is 0 Å². The van der Waals surface area contributed by atoms with Crippen LogP contribution in [0.3, 0.4) is 0 Å². The van der Waals surface area contributed by atoms with Crippen molar-refractivity contribution in [3.8, 4) is 11.5 Å². The van der Waals surface area contributed by atoms with Crippen molar-refractivity contribution in [3.63, 3.8) is 0 Å². The molecule has 0 saturated carbocycles. The molecule has 1 aromatic carbocycles. The van der Waals surface area contributed by atoms with Crippen molar-refractivity contribution in [2.75, 3.05) is 6.61 Å². The van der Waals surface area contributed by atoms with Crippen LogP contribution in [-0.2, 0) is 11.3 Å². The molecule has 0 radical (unpaired) electrons. The summed E-state index contributed by atoms with van der Waals surface area (Å²) in [4.78, 5) is 4.53. The Bertz CT molecular complexity index is 406. The van der Waals surface area contributed by atoms with Gasteiger partial charge in [-0.2, -0.15) is 0 Å². The van der Waals surface area contributed by atoms with Gasteiger partial charge in [0.2, 0.25) is 5.79 Å². The van der Waals surface area contributed by atoms with Gasteiger partial charge in [0.15, 0.2) is 11.5 Å². The summed E-state index contributed by atoms with van der Waals surface area (Å²) in [6.45, 7) is 4.12. The lowest BCUT2D eigenvalue weighted by Gasteiger charge is -2.16. The van der Waals surface area contributed by atoms with Gasteiger partial charge in [-0.25, -0.2) is 5.90 Å². The number of rotatable bonds is 3. The second-order valence-corrected chi connectivity index (χ2v) is 4.52. The molecular weight excluding hydrogens is 230 g/mol. The van der Waals surface area contributed by atoms with E-state index in [-0.39, 0.29) is 0 Å². The van der Waals surface area contributed by atoms with Crippen LogP contribution in [0.25, 0.3) is 0 Å². The summed E-state index contributed by atoms with van der Waals surface area (Å²) >= 11 is 6.10. The Balaban J connectivity index is 2.26. The Morgan fingerprint density at radius 2 is 1.94 bits per heavy atom. The fraction of sp³-hybridized carbons (Fsp3) is 0.455. The molecule has 0 aromatic heterocycles. The van der Waals surface area contributed by atoms with E-state index in [0.29, 0.717) is 29.5 Å². The number of ether oxygens (including phenoxy) is 2. The largest absolute Gasteiger partial charge is 0.449 e. The van der Waals surface area contributed by atoms with Gasteiger partial charge in [0.1, 0.15) is 0 Å². The number of hydrogen-bond acceptors (Lipinski definition) is 4. The maximum absolute atomic E-state index is 6.10. The average molecular weight is 244 g/mol. The highest BCUT2D eigenvalue weighted by atomic mass is 35.5. The van der Waals surface area contributed by atoms with Crippen molar-refractivity contribution in [2.24, 2.45) is 5.90 Å². The van der Waals surface area contributed by atoms with Crippen molar-refractivity contribution < 1.29 is 14.3 Å². The van der Waals surface area contributed by atoms with Gasteiger partial charge < -0.3 is 14.3 Å². The highest BCUT2D eigenvalue weighted by Crippen LogP contribution is 2.42. The Morgan fingerprint density at radius 1 is 1.31 bits per heavy atom. The van der Waals surface area contributed by atoms with Crippen molar-refractivity contribution in [2.45, 2.75) is 26.1 Å². The van der Waals surface area contributed by atoms with Crippen molar-refractivity contribution in [1.82, 2.24) is 0 Å². The maximum Gasteiger partial charge on any atom is 0.246 e. The SMILES string of the molecule is CC1(C)Oc2cc(Cl)c(CCON)cc2O1. The predicted octanol–water partition coefficient (Wildman–Crippen LogP) is 2.28. The first kappa shape index (κ1) is 11.5.